The fourth-order valence-corrected chi connectivity index (χ4v) is 5.66. The molecule has 7 heteroatoms. The quantitative estimate of drug-likeness (QED) is 0.718. The van der Waals surface area contributed by atoms with E-state index >= 15 is 0 Å². The highest BCUT2D eigenvalue weighted by Crippen LogP contribution is 2.39. The second-order valence-electron chi connectivity index (χ2n) is 7.99. The van der Waals surface area contributed by atoms with Gasteiger partial charge >= 0.3 is 5.97 Å². The number of carbonyl (C=O) groups excluding carboxylic acids is 2. The van der Waals surface area contributed by atoms with Crippen LogP contribution in [-0.2, 0) is 28.9 Å². The number of nitrogens with zero attached hydrogens (tertiary/aromatic N) is 2. The van der Waals surface area contributed by atoms with E-state index in [1.54, 1.807) is 0 Å². The van der Waals surface area contributed by atoms with Crippen molar-refractivity contribution in [1.82, 2.24) is 9.80 Å². The standard InChI is InChI=1S/C23H29N3O3S/c1-29-23(28)21-18-9-5-10-19(18)30-22(21)24-20(27)16-26-12-6-11-25(13-14-26)15-17-7-3-2-4-8-17/h2-4,7-8H,5-6,9-16H2,1H3,(H,24,27). The van der Waals surface area contributed by atoms with Crippen molar-refractivity contribution in [2.24, 2.45) is 0 Å². The first kappa shape index (κ1) is 21.0. The van der Waals surface area contributed by atoms with Crippen molar-refractivity contribution < 1.29 is 14.3 Å². The molecule has 1 aliphatic heterocycles. The highest BCUT2D eigenvalue weighted by molar-refractivity contribution is 7.17. The first-order valence-corrected chi connectivity index (χ1v) is 11.5. The minimum Gasteiger partial charge on any atom is -0.465 e. The Morgan fingerprint density at radius 2 is 1.80 bits per heavy atom. The summed E-state index contributed by atoms with van der Waals surface area (Å²) in [6.45, 7) is 5.06. The predicted molar refractivity (Wildman–Crippen MR) is 119 cm³/mol. The number of methoxy groups -OCH3 is 1. The lowest BCUT2D eigenvalue weighted by molar-refractivity contribution is -0.117. The largest absolute Gasteiger partial charge is 0.465 e. The smallest absolute Gasteiger partial charge is 0.341 e. The van der Waals surface area contributed by atoms with E-state index < -0.39 is 0 Å². The fourth-order valence-electron chi connectivity index (χ4n) is 4.36. The Morgan fingerprint density at radius 1 is 1.03 bits per heavy atom. The summed E-state index contributed by atoms with van der Waals surface area (Å²) in [5.41, 5.74) is 2.95. The molecule has 2 aromatic rings. The molecule has 4 rings (SSSR count). The molecule has 1 fully saturated rings. The average Bonchev–Trinajstić information content (AvgIpc) is 3.25. The third kappa shape index (κ3) is 4.91. The van der Waals surface area contributed by atoms with Gasteiger partial charge in [-0.25, -0.2) is 4.79 Å². The Hall–Kier alpha value is -2.22. The van der Waals surface area contributed by atoms with Gasteiger partial charge in [0.05, 0.1) is 19.2 Å². The number of aryl methyl sites for hydroxylation is 1. The molecule has 0 saturated carbocycles. The van der Waals surface area contributed by atoms with E-state index in [1.807, 2.05) is 6.07 Å². The number of amides is 1. The van der Waals surface area contributed by atoms with Gasteiger partial charge in [0, 0.05) is 24.5 Å². The maximum atomic E-state index is 12.7. The van der Waals surface area contributed by atoms with E-state index in [1.165, 1.54) is 28.9 Å². The van der Waals surface area contributed by atoms with Crippen LogP contribution in [0.2, 0.25) is 0 Å². The molecule has 0 unspecified atom stereocenters. The van der Waals surface area contributed by atoms with Gasteiger partial charge in [0.25, 0.3) is 0 Å². The van der Waals surface area contributed by atoms with E-state index in [4.69, 9.17) is 4.74 Å². The van der Waals surface area contributed by atoms with E-state index in [9.17, 15) is 9.59 Å². The third-order valence-electron chi connectivity index (χ3n) is 5.86. The number of thiophene rings is 1. The van der Waals surface area contributed by atoms with E-state index in [0.717, 1.165) is 64.0 Å². The second kappa shape index (κ2) is 9.73. The summed E-state index contributed by atoms with van der Waals surface area (Å²) in [4.78, 5) is 30.9. The molecule has 0 atom stereocenters. The fraction of sp³-hybridized carbons (Fsp3) is 0.478. The van der Waals surface area contributed by atoms with E-state index in [0.29, 0.717) is 17.1 Å². The van der Waals surface area contributed by atoms with Gasteiger partial charge in [-0.1, -0.05) is 30.3 Å². The molecule has 2 aliphatic rings. The molecule has 0 spiro atoms. The first-order valence-electron chi connectivity index (χ1n) is 10.7. The van der Waals surface area contributed by atoms with Crippen molar-refractivity contribution in [1.29, 1.82) is 0 Å². The Balaban J connectivity index is 1.33. The lowest BCUT2D eigenvalue weighted by Gasteiger charge is -2.21. The van der Waals surface area contributed by atoms with Crippen LogP contribution in [0.4, 0.5) is 5.00 Å². The number of ether oxygens (including phenoxy) is 1. The zero-order valence-corrected chi connectivity index (χ0v) is 18.3. The van der Waals surface area contributed by atoms with Crippen molar-refractivity contribution in [2.45, 2.75) is 32.2 Å². The predicted octanol–water partition coefficient (Wildman–Crippen LogP) is 3.17. The SMILES string of the molecule is COC(=O)c1c(NC(=O)CN2CCCN(Cc3ccccc3)CC2)sc2c1CCC2. The van der Waals surface area contributed by atoms with Crippen LogP contribution >= 0.6 is 11.3 Å². The van der Waals surface area contributed by atoms with Crippen molar-refractivity contribution in [3.63, 3.8) is 0 Å². The Bertz CT molecular complexity index is 897. The van der Waals surface area contributed by atoms with Crippen LogP contribution < -0.4 is 5.32 Å². The van der Waals surface area contributed by atoms with Gasteiger partial charge in [0.15, 0.2) is 0 Å². The van der Waals surface area contributed by atoms with Gasteiger partial charge in [-0.15, -0.1) is 11.3 Å². The highest BCUT2D eigenvalue weighted by atomic mass is 32.1. The topological polar surface area (TPSA) is 61.9 Å². The van der Waals surface area contributed by atoms with Crippen molar-refractivity contribution in [2.75, 3.05) is 45.2 Å². The van der Waals surface area contributed by atoms with Crippen LogP contribution in [0.25, 0.3) is 0 Å². The summed E-state index contributed by atoms with van der Waals surface area (Å²) in [5, 5.41) is 3.65. The number of hydrogen-bond donors (Lipinski definition) is 1. The molecule has 1 aromatic heterocycles. The summed E-state index contributed by atoms with van der Waals surface area (Å²) in [6.07, 6.45) is 3.96. The zero-order chi connectivity index (χ0) is 20.9. The third-order valence-corrected chi connectivity index (χ3v) is 7.07. The van der Waals surface area contributed by atoms with Gasteiger partial charge in [-0.05, 0) is 49.9 Å². The number of fused-ring (bicyclic) bond motifs is 1. The van der Waals surface area contributed by atoms with Gasteiger partial charge in [0.1, 0.15) is 5.00 Å². The molecule has 0 bridgehead atoms. The normalized spacial score (nSPS) is 17.4. The number of hydrogen-bond acceptors (Lipinski definition) is 6. The highest BCUT2D eigenvalue weighted by Gasteiger charge is 2.28. The van der Waals surface area contributed by atoms with Crippen LogP contribution in [0.15, 0.2) is 30.3 Å². The van der Waals surface area contributed by atoms with Crippen LogP contribution in [0.5, 0.6) is 0 Å². The van der Waals surface area contributed by atoms with Gasteiger partial charge in [-0.3, -0.25) is 14.6 Å². The van der Waals surface area contributed by atoms with E-state index in [2.05, 4.69) is 39.4 Å². The summed E-state index contributed by atoms with van der Waals surface area (Å²) < 4.78 is 4.97. The molecule has 1 aromatic carbocycles. The van der Waals surface area contributed by atoms with Crippen molar-refractivity contribution in [3.8, 4) is 0 Å². The maximum Gasteiger partial charge on any atom is 0.341 e. The summed E-state index contributed by atoms with van der Waals surface area (Å²) >= 11 is 1.53. The van der Waals surface area contributed by atoms with Crippen LogP contribution in [0, 0.1) is 0 Å². The van der Waals surface area contributed by atoms with Gasteiger partial charge in [0.2, 0.25) is 5.91 Å². The minimum atomic E-state index is -0.351. The van der Waals surface area contributed by atoms with Crippen LogP contribution in [-0.4, -0.2) is 61.5 Å². The molecule has 1 N–H and O–H groups in total. The summed E-state index contributed by atoms with van der Waals surface area (Å²) in [5.74, 6) is -0.410. The number of nitrogens with one attached hydrogen (secondary N) is 1. The number of benzene rings is 1. The monoisotopic (exact) mass is 427 g/mol. The number of anilines is 1. The van der Waals surface area contributed by atoms with Gasteiger partial charge < -0.3 is 10.1 Å². The minimum absolute atomic E-state index is 0.0587. The second-order valence-corrected chi connectivity index (χ2v) is 9.10. The molecule has 160 valence electrons. The molecule has 1 aliphatic carbocycles. The lowest BCUT2D eigenvalue weighted by atomic mass is 10.1. The summed E-state index contributed by atoms with van der Waals surface area (Å²) in [6, 6.07) is 10.5. The van der Waals surface area contributed by atoms with Gasteiger partial charge in [-0.2, -0.15) is 0 Å². The lowest BCUT2D eigenvalue weighted by Crippen LogP contribution is -2.36. The number of esters is 1. The number of carbonyl (C=O) groups is 2. The molecule has 2 heterocycles. The van der Waals surface area contributed by atoms with Crippen LogP contribution in [0.1, 0.15) is 39.2 Å². The molecular formula is C23H29N3O3S. The number of rotatable bonds is 6. The molecule has 1 amide bonds. The average molecular weight is 428 g/mol. The maximum absolute atomic E-state index is 12.7. The molecule has 30 heavy (non-hydrogen) atoms. The van der Waals surface area contributed by atoms with Crippen LogP contribution in [0.3, 0.4) is 0 Å². The molecule has 1 saturated heterocycles. The molecule has 6 nitrogen and oxygen atoms in total. The Labute approximate surface area is 181 Å². The zero-order valence-electron chi connectivity index (χ0n) is 17.5. The molecular weight excluding hydrogens is 398 g/mol. The Kier molecular flexibility index (Phi) is 6.82. The first-order chi connectivity index (χ1) is 14.6. The van der Waals surface area contributed by atoms with Crippen molar-refractivity contribution in [3.05, 3.63) is 51.9 Å². The molecule has 0 radical (unpaired) electrons. The Morgan fingerprint density at radius 3 is 2.60 bits per heavy atom. The van der Waals surface area contributed by atoms with E-state index in [-0.39, 0.29) is 11.9 Å². The van der Waals surface area contributed by atoms with Crippen molar-refractivity contribution >= 4 is 28.2 Å². The summed E-state index contributed by atoms with van der Waals surface area (Å²) in [7, 11) is 1.39.